The van der Waals surface area contributed by atoms with Crippen molar-refractivity contribution in [3.63, 3.8) is 0 Å². The Hall–Kier alpha value is -2.80. The number of ether oxygens (including phenoxy) is 1. The van der Waals surface area contributed by atoms with Crippen LogP contribution in [-0.2, 0) is 13.0 Å². The number of piperazine rings is 1. The van der Waals surface area contributed by atoms with Crippen molar-refractivity contribution in [2.75, 3.05) is 38.2 Å². The van der Waals surface area contributed by atoms with Crippen molar-refractivity contribution < 1.29 is 9.53 Å². The van der Waals surface area contributed by atoms with Gasteiger partial charge >= 0.3 is 6.03 Å². The fourth-order valence-electron chi connectivity index (χ4n) is 3.55. The maximum absolute atomic E-state index is 12.5. The SMILES string of the molecule is CCc1cccc2sc(N3CCN(C(=O)NCc4ccc(OC)cc4)CC3)nc12. The second-order valence-corrected chi connectivity index (χ2v) is 8.10. The molecule has 4 rings (SSSR count). The van der Waals surface area contributed by atoms with E-state index in [1.54, 1.807) is 18.4 Å². The maximum Gasteiger partial charge on any atom is 0.317 e. The van der Waals surface area contributed by atoms with Crippen molar-refractivity contribution in [1.82, 2.24) is 15.2 Å². The van der Waals surface area contributed by atoms with Gasteiger partial charge in [-0.2, -0.15) is 0 Å². The van der Waals surface area contributed by atoms with E-state index in [1.165, 1.54) is 10.3 Å². The molecule has 2 amide bonds. The molecule has 3 aromatic rings. The van der Waals surface area contributed by atoms with E-state index in [-0.39, 0.29) is 6.03 Å². The second-order valence-electron chi connectivity index (χ2n) is 7.09. The van der Waals surface area contributed by atoms with Crippen LogP contribution in [0.25, 0.3) is 10.2 Å². The number of hydrogen-bond acceptors (Lipinski definition) is 5. The first kappa shape index (κ1) is 19.5. The van der Waals surface area contributed by atoms with Crippen molar-refractivity contribution in [1.29, 1.82) is 0 Å². The molecule has 1 fully saturated rings. The number of amides is 2. The van der Waals surface area contributed by atoms with Crippen LogP contribution in [0.2, 0.25) is 0 Å². The van der Waals surface area contributed by atoms with E-state index in [2.05, 4.69) is 35.3 Å². The summed E-state index contributed by atoms with van der Waals surface area (Å²) in [4.78, 5) is 21.6. The minimum absolute atomic E-state index is 0.0157. The molecule has 1 aliphatic heterocycles. The van der Waals surface area contributed by atoms with Gasteiger partial charge in [-0.1, -0.05) is 42.5 Å². The number of urea groups is 1. The van der Waals surface area contributed by atoms with Gasteiger partial charge in [0.25, 0.3) is 0 Å². The zero-order valence-corrected chi connectivity index (χ0v) is 17.7. The lowest BCUT2D eigenvalue weighted by Gasteiger charge is -2.34. The molecule has 152 valence electrons. The quantitative estimate of drug-likeness (QED) is 0.693. The molecule has 1 aliphatic rings. The molecule has 0 radical (unpaired) electrons. The molecule has 2 heterocycles. The minimum Gasteiger partial charge on any atom is -0.497 e. The zero-order valence-electron chi connectivity index (χ0n) is 16.9. The van der Waals surface area contributed by atoms with E-state index in [0.717, 1.165) is 41.5 Å². The Morgan fingerprint density at radius 3 is 2.59 bits per heavy atom. The number of carbonyl (C=O) groups is 1. The number of rotatable bonds is 5. The van der Waals surface area contributed by atoms with Crippen molar-refractivity contribution in [2.24, 2.45) is 0 Å². The van der Waals surface area contributed by atoms with Gasteiger partial charge in [0, 0.05) is 32.7 Å². The smallest absolute Gasteiger partial charge is 0.317 e. The summed E-state index contributed by atoms with van der Waals surface area (Å²) in [6.07, 6.45) is 0.989. The molecule has 0 atom stereocenters. The summed E-state index contributed by atoms with van der Waals surface area (Å²) in [5, 5.41) is 4.07. The third kappa shape index (κ3) is 4.29. The molecular weight excluding hydrogens is 384 g/mol. The van der Waals surface area contributed by atoms with Crippen molar-refractivity contribution in [2.45, 2.75) is 19.9 Å². The van der Waals surface area contributed by atoms with Gasteiger partial charge in [0.05, 0.1) is 17.3 Å². The Morgan fingerprint density at radius 1 is 1.14 bits per heavy atom. The molecule has 29 heavy (non-hydrogen) atoms. The monoisotopic (exact) mass is 410 g/mol. The Balaban J connectivity index is 1.32. The van der Waals surface area contributed by atoms with Gasteiger partial charge in [-0.05, 0) is 35.7 Å². The fourth-order valence-corrected chi connectivity index (χ4v) is 4.61. The molecule has 0 bridgehead atoms. The highest BCUT2D eigenvalue weighted by Gasteiger charge is 2.23. The third-order valence-electron chi connectivity index (χ3n) is 5.31. The van der Waals surface area contributed by atoms with E-state index in [4.69, 9.17) is 9.72 Å². The number of carbonyl (C=O) groups excluding carboxylic acids is 1. The molecule has 1 saturated heterocycles. The number of thiazole rings is 1. The van der Waals surface area contributed by atoms with Gasteiger partial charge < -0.3 is 19.9 Å². The Bertz CT molecular complexity index is 978. The predicted octanol–water partition coefficient (Wildman–Crippen LogP) is 3.90. The Kier molecular flexibility index (Phi) is 5.85. The Labute approximate surface area is 175 Å². The largest absolute Gasteiger partial charge is 0.497 e. The van der Waals surface area contributed by atoms with Gasteiger partial charge in [0.15, 0.2) is 5.13 Å². The molecule has 0 aliphatic carbocycles. The van der Waals surface area contributed by atoms with E-state index in [9.17, 15) is 4.79 Å². The maximum atomic E-state index is 12.5. The number of nitrogens with one attached hydrogen (secondary N) is 1. The molecular formula is C22H26N4O2S. The molecule has 6 nitrogen and oxygen atoms in total. The van der Waals surface area contributed by atoms with E-state index in [1.807, 2.05) is 29.2 Å². The highest BCUT2D eigenvalue weighted by Crippen LogP contribution is 2.31. The first-order valence-corrected chi connectivity index (χ1v) is 10.8. The summed E-state index contributed by atoms with van der Waals surface area (Å²) in [6.45, 7) is 5.68. The summed E-state index contributed by atoms with van der Waals surface area (Å²) in [5.41, 5.74) is 3.47. The number of methoxy groups -OCH3 is 1. The summed E-state index contributed by atoms with van der Waals surface area (Å²) in [5.74, 6) is 0.817. The normalized spacial score (nSPS) is 14.3. The number of aromatic nitrogens is 1. The highest BCUT2D eigenvalue weighted by molar-refractivity contribution is 7.22. The average molecular weight is 411 g/mol. The lowest BCUT2D eigenvalue weighted by atomic mass is 10.1. The van der Waals surface area contributed by atoms with Crippen LogP contribution in [0.3, 0.4) is 0 Å². The predicted molar refractivity (Wildman–Crippen MR) is 118 cm³/mol. The van der Waals surface area contributed by atoms with Crippen LogP contribution in [0, 0.1) is 0 Å². The molecule has 0 spiro atoms. The number of hydrogen-bond donors (Lipinski definition) is 1. The molecule has 1 N–H and O–H groups in total. The van der Waals surface area contributed by atoms with Crippen LogP contribution in [0.15, 0.2) is 42.5 Å². The number of para-hydroxylation sites is 1. The van der Waals surface area contributed by atoms with Gasteiger partial charge in [-0.15, -0.1) is 0 Å². The third-order valence-corrected chi connectivity index (χ3v) is 6.39. The van der Waals surface area contributed by atoms with Crippen molar-refractivity contribution >= 4 is 32.7 Å². The van der Waals surface area contributed by atoms with Gasteiger partial charge in [-0.3, -0.25) is 0 Å². The minimum atomic E-state index is -0.0157. The number of anilines is 1. The summed E-state index contributed by atoms with van der Waals surface area (Å²) in [6, 6.07) is 14.1. The van der Waals surface area contributed by atoms with Crippen molar-refractivity contribution in [3.8, 4) is 5.75 Å². The van der Waals surface area contributed by atoms with Crippen LogP contribution in [-0.4, -0.2) is 49.2 Å². The average Bonchev–Trinajstić information content (AvgIpc) is 3.22. The van der Waals surface area contributed by atoms with Crippen LogP contribution < -0.4 is 15.0 Å². The van der Waals surface area contributed by atoms with Gasteiger partial charge in [0.1, 0.15) is 5.75 Å². The zero-order chi connectivity index (χ0) is 20.2. The van der Waals surface area contributed by atoms with E-state index >= 15 is 0 Å². The lowest BCUT2D eigenvalue weighted by Crippen LogP contribution is -2.51. The first-order valence-electron chi connectivity index (χ1n) is 9.97. The van der Waals surface area contributed by atoms with E-state index < -0.39 is 0 Å². The summed E-state index contributed by atoms with van der Waals surface area (Å²) >= 11 is 1.74. The second kappa shape index (κ2) is 8.69. The topological polar surface area (TPSA) is 57.7 Å². The lowest BCUT2D eigenvalue weighted by molar-refractivity contribution is 0.194. The number of nitrogens with zero attached hydrogens (tertiary/aromatic N) is 3. The van der Waals surface area contributed by atoms with Crippen LogP contribution >= 0.6 is 11.3 Å². The first-order chi connectivity index (χ1) is 14.2. The summed E-state index contributed by atoms with van der Waals surface area (Å²) in [7, 11) is 1.65. The van der Waals surface area contributed by atoms with Crippen LogP contribution in [0.4, 0.5) is 9.93 Å². The number of fused-ring (bicyclic) bond motifs is 1. The van der Waals surface area contributed by atoms with E-state index in [0.29, 0.717) is 19.6 Å². The molecule has 0 saturated carbocycles. The molecule has 1 aromatic heterocycles. The van der Waals surface area contributed by atoms with Crippen molar-refractivity contribution in [3.05, 3.63) is 53.6 Å². The molecule has 2 aromatic carbocycles. The van der Waals surface area contributed by atoms with Gasteiger partial charge in [-0.25, -0.2) is 9.78 Å². The standard InChI is InChI=1S/C22H26N4O2S/c1-3-17-5-4-6-19-20(17)24-22(29-19)26-13-11-25(12-14-26)21(27)23-15-16-7-9-18(28-2)10-8-16/h4-10H,3,11-15H2,1-2H3,(H,23,27). The van der Waals surface area contributed by atoms with Gasteiger partial charge in [0.2, 0.25) is 0 Å². The van der Waals surface area contributed by atoms with Crippen LogP contribution in [0.5, 0.6) is 5.75 Å². The highest BCUT2D eigenvalue weighted by atomic mass is 32.1. The molecule has 0 unspecified atom stereocenters. The van der Waals surface area contributed by atoms with Crippen LogP contribution in [0.1, 0.15) is 18.1 Å². The molecule has 7 heteroatoms. The Morgan fingerprint density at radius 2 is 1.90 bits per heavy atom. The number of benzene rings is 2. The fraction of sp³-hybridized carbons (Fsp3) is 0.364. The summed E-state index contributed by atoms with van der Waals surface area (Å²) < 4.78 is 6.40. The number of aryl methyl sites for hydroxylation is 1.